The SMILES string of the molecule is CC/C=C\C/C=C\C/C=C\C/C=C\C/C=C\CCCCCC(=O)OC(COC(=O)CCCCCCCCC/C=C\C/C=C\C/C=C\C/C=C\CCCCC)COP(=O)(O)OCC(O)COP(=O)(O)OCC(O)COC(=O)CCCCCCCCC/C=C\C/C=C\C/C=C\C/C=C\CCCCC. The maximum atomic E-state index is 13.0. The Kier molecular flexibility index (Phi) is 71.3. The van der Waals surface area contributed by atoms with Crippen LogP contribution in [0.4, 0.5) is 0 Å². The number of unbranched alkanes of at least 4 members (excludes halogenated alkanes) is 23. The quantitative estimate of drug-likeness (QED) is 0.0146. The first kappa shape index (κ1) is 96.2. The van der Waals surface area contributed by atoms with Crippen molar-refractivity contribution in [1.29, 1.82) is 0 Å². The molecule has 0 radical (unpaired) electrons. The third-order valence-corrected chi connectivity index (χ3v) is 17.6. The van der Waals surface area contributed by atoms with Crippen LogP contribution in [0, 0.1) is 0 Å². The van der Waals surface area contributed by atoms with Crippen molar-refractivity contribution in [3.63, 3.8) is 0 Å². The molecule has 101 heavy (non-hydrogen) atoms. The van der Waals surface area contributed by atoms with Gasteiger partial charge in [-0.25, -0.2) is 9.13 Å². The highest BCUT2D eigenvalue weighted by Crippen LogP contribution is 2.45. The molecule has 0 saturated heterocycles. The minimum absolute atomic E-state index is 0.0567. The molecule has 0 bridgehead atoms. The number of rotatable bonds is 72. The molecule has 0 fully saturated rings. The molecule has 0 aromatic heterocycles. The molecule has 18 heteroatoms. The summed E-state index contributed by atoms with van der Waals surface area (Å²) in [5, 5.41) is 20.6. The number of hydrogen-bond acceptors (Lipinski definition) is 14. The molecule has 0 spiro atoms. The molecule has 16 nitrogen and oxygen atoms in total. The number of phosphoric ester groups is 2. The zero-order valence-electron chi connectivity index (χ0n) is 62.8. The maximum Gasteiger partial charge on any atom is 0.472 e. The molecule has 0 aliphatic rings. The van der Waals surface area contributed by atoms with Crippen LogP contribution in [-0.4, -0.2) is 95.9 Å². The van der Waals surface area contributed by atoms with Gasteiger partial charge >= 0.3 is 33.6 Å². The fourth-order valence-corrected chi connectivity index (χ4v) is 11.4. The highest BCUT2D eigenvalue weighted by Gasteiger charge is 2.29. The van der Waals surface area contributed by atoms with Crippen LogP contribution in [-0.2, 0) is 55.8 Å². The Bertz CT molecular complexity index is 2470. The van der Waals surface area contributed by atoms with E-state index in [1.165, 1.54) is 51.4 Å². The van der Waals surface area contributed by atoms with E-state index in [4.69, 9.17) is 32.3 Å². The number of esters is 3. The average molecular weight is 1450 g/mol. The Balaban J connectivity index is 4.75. The number of hydrogen-bond donors (Lipinski definition) is 4. The summed E-state index contributed by atoms with van der Waals surface area (Å²) in [6.45, 7) is 2.44. The summed E-state index contributed by atoms with van der Waals surface area (Å²) in [4.78, 5) is 58.7. The molecule has 0 aliphatic heterocycles. The molecule has 5 unspecified atom stereocenters. The van der Waals surface area contributed by atoms with Gasteiger partial charge in [-0.05, 0) is 154 Å². The third kappa shape index (κ3) is 76.1. The fraction of sp³-hybridized carbons (Fsp3) is 0.651. The highest BCUT2D eigenvalue weighted by molar-refractivity contribution is 7.47. The summed E-state index contributed by atoms with van der Waals surface area (Å²) < 4.78 is 61.1. The predicted molar refractivity (Wildman–Crippen MR) is 417 cm³/mol. The van der Waals surface area contributed by atoms with Crippen LogP contribution in [0.3, 0.4) is 0 Å². The lowest BCUT2D eigenvalue weighted by Gasteiger charge is -2.21. The van der Waals surface area contributed by atoms with E-state index in [1.807, 2.05) is 0 Å². The van der Waals surface area contributed by atoms with E-state index < -0.39 is 91.5 Å². The van der Waals surface area contributed by atoms with Crippen molar-refractivity contribution in [1.82, 2.24) is 0 Å². The van der Waals surface area contributed by atoms with E-state index in [0.717, 1.165) is 180 Å². The second-order valence-corrected chi connectivity index (χ2v) is 28.3. The Morgan fingerprint density at radius 1 is 0.287 bits per heavy atom. The van der Waals surface area contributed by atoms with Gasteiger partial charge in [-0.2, -0.15) is 0 Å². The zero-order valence-corrected chi connectivity index (χ0v) is 64.6. The van der Waals surface area contributed by atoms with Crippen molar-refractivity contribution < 1.29 is 75.8 Å². The smallest absolute Gasteiger partial charge is 0.463 e. The normalized spacial score (nSPS) is 14.9. The van der Waals surface area contributed by atoms with Crippen LogP contribution in [0.5, 0.6) is 0 Å². The van der Waals surface area contributed by atoms with Gasteiger partial charge in [0.05, 0.1) is 26.4 Å². The second-order valence-electron chi connectivity index (χ2n) is 25.4. The molecule has 0 aromatic rings. The van der Waals surface area contributed by atoms with Crippen molar-refractivity contribution in [3.8, 4) is 0 Å². The van der Waals surface area contributed by atoms with Crippen molar-refractivity contribution in [3.05, 3.63) is 158 Å². The van der Waals surface area contributed by atoms with Crippen molar-refractivity contribution in [2.24, 2.45) is 0 Å². The predicted octanol–water partition coefficient (Wildman–Crippen LogP) is 22.6. The maximum absolute atomic E-state index is 13.0. The molecule has 0 aromatic carbocycles. The molecule has 0 rings (SSSR count). The van der Waals surface area contributed by atoms with Gasteiger partial charge in [0.15, 0.2) is 6.10 Å². The second kappa shape index (κ2) is 74.9. The van der Waals surface area contributed by atoms with E-state index in [9.17, 15) is 43.5 Å². The summed E-state index contributed by atoms with van der Waals surface area (Å²) in [6.07, 6.45) is 92.7. The highest BCUT2D eigenvalue weighted by atomic mass is 31.2. The number of phosphoric acid groups is 2. The molecular formula is C83H138O16P2. The molecule has 0 heterocycles. The van der Waals surface area contributed by atoms with Crippen LogP contribution >= 0.6 is 15.6 Å². The molecule has 4 N–H and O–H groups in total. The van der Waals surface area contributed by atoms with Gasteiger partial charge in [0.1, 0.15) is 25.4 Å². The number of carbonyl (C=O) groups is 3. The van der Waals surface area contributed by atoms with Gasteiger partial charge in [0, 0.05) is 19.3 Å². The number of aliphatic hydroxyl groups is 2. The zero-order chi connectivity index (χ0) is 73.7. The van der Waals surface area contributed by atoms with Gasteiger partial charge < -0.3 is 34.2 Å². The third-order valence-electron chi connectivity index (χ3n) is 15.7. The van der Waals surface area contributed by atoms with Crippen LogP contribution in [0.1, 0.15) is 290 Å². The molecule has 0 saturated carbocycles. The summed E-state index contributed by atoms with van der Waals surface area (Å²) in [6, 6.07) is 0. The minimum Gasteiger partial charge on any atom is -0.463 e. The van der Waals surface area contributed by atoms with E-state index in [0.29, 0.717) is 19.3 Å². The number of allylic oxidation sites excluding steroid dienone is 26. The molecule has 576 valence electrons. The number of ether oxygens (including phenoxy) is 3. The van der Waals surface area contributed by atoms with Crippen molar-refractivity contribution in [2.45, 2.75) is 309 Å². The van der Waals surface area contributed by atoms with Crippen LogP contribution in [0.15, 0.2) is 158 Å². The van der Waals surface area contributed by atoms with E-state index in [1.54, 1.807) is 0 Å². The van der Waals surface area contributed by atoms with Gasteiger partial charge in [-0.15, -0.1) is 0 Å². The average Bonchev–Trinajstić information content (AvgIpc) is 0.941. The first-order chi connectivity index (χ1) is 49.2. The topological polar surface area (TPSA) is 231 Å². The lowest BCUT2D eigenvalue weighted by molar-refractivity contribution is -0.161. The minimum atomic E-state index is -4.95. The summed E-state index contributed by atoms with van der Waals surface area (Å²) in [7, 11) is -9.82. The van der Waals surface area contributed by atoms with Crippen molar-refractivity contribution in [2.75, 3.05) is 39.6 Å². The number of carbonyl (C=O) groups excluding carboxylic acids is 3. The van der Waals surface area contributed by atoms with Gasteiger partial charge in [-0.1, -0.05) is 275 Å². The van der Waals surface area contributed by atoms with Gasteiger partial charge in [-0.3, -0.25) is 32.5 Å². The lowest BCUT2D eigenvalue weighted by Crippen LogP contribution is -2.30. The summed E-state index contributed by atoms with van der Waals surface area (Å²) >= 11 is 0. The van der Waals surface area contributed by atoms with Crippen LogP contribution in [0.2, 0.25) is 0 Å². The largest absolute Gasteiger partial charge is 0.472 e. The Hall–Kier alpha value is -4.83. The van der Waals surface area contributed by atoms with E-state index in [-0.39, 0.29) is 19.3 Å². The Morgan fingerprint density at radius 2 is 0.525 bits per heavy atom. The molecule has 0 aliphatic carbocycles. The van der Waals surface area contributed by atoms with E-state index in [2.05, 4.69) is 179 Å². The fourth-order valence-electron chi connectivity index (χ4n) is 9.80. The van der Waals surface area contributed by atoms with Gasteiger partial charge in [0.25, 0.3) is 0 Å². The van der Waals surface area contributed by atoms with E-state index >= 15 is 0 Å². The molecular weight excluding hydrogens is 1310 g/mol. The van der Waals surface area contributed by atoms with Crippen molar-refractivity contribution >= 4 is 33.6 Å². The first-order valence-corrected chi connectivity index (χ1v) is 41.8. The Labute approximate surface area is 612 Å². The van der Waals surface area contributed by atoms with Crippen LogP contribution in [0.25, 0.3) is 0 Å². The summed E-state index contributed by atoms with van der Waals surface area (Å²) in [5.74, 6) is -1.64. The Morgan fingerprint density at radius 3 is 0.842 bits per heavy atom. The molecule has 0 amide bonds. The number of aliphatic hydroxyl groups excluding tert-OH is 2. The monoisotopic (exact) mass is 1450 g/mol. The first-order valence-electron chi connectivity index (χ1n) is 38.8. The summed E-state index contributed by atoms with van der Waals surface area (Å²) in [5.41, 5.74) is 0. The van der Waals surface area contributed by atoms with Crippen LogP contribution < -0.4 is 0 Å². The standard InChI is InChI=1S/C83H138O16P2/c1-4-7-10-13-16-19-22-25-28-31-34-36-38-40-43-45-48-51-54-57-60-63-66-69-81(86)93-72-78(84)73-95-100(89,90)96-74-79(85)75-97-101(91,92)98-77-80(99-83(88)71-68-65-62-59-56-53-50-47-42-33-30-27-24-21-18-15-12-9-6-3)76-94-82(87)70-67-64-61-58-55-52-49-46-44-41-39-37-35-32-29-26-23-20-17-14-11-8-5-2/h9,12,16-21,25-30,34-37,40-44,47,53,56,78-80,84-85H,4-8,10-11,13-15,22-24,31-33,38-39,45-46,48-52,54-55,57-77H2,1-3H3,(H,89,90)(H,91,92)/b12-9-,19-16-,20-17-,21-18-,28-25-,29-26-,30-27-,36-34-,37-35-,43-40-,44-41-,47-42-,56-53-. The van der Waals surface area contributed by atoms with Gasteiger partial charge in [0.2, 0.25) is 0 Å². The molecule has 5 atom stereocenters. The lowest BCUT2D eigenvalue weighted by atomic mass is 10.1.